The number of anilines is 2. The molecule has 1 unspecified atom stereocenters. The van der Waals surface area contributed by atoms with Gasteiger partial charge in [0.1, 0.15) is 5.82 Å². The summed E-state index contributed by atoms with van der Waals surface area (Å²) in [4.78, 5) is 17.6. The van der Waals surface area contributed by atoms with Crippen molar-refractivity contribution in [1.29, 1.82) is 0 Å². The Morgan fingerprint density at radius 2 is 1.52 bits per heavy atom. The van der Waals surface area contributed by atoms with Gasteiger partial charge in [0.2, 0.25) is 5.28 Å². The number of benzene rings is 3. The Labute approximate surface area is 248 Å². The summed E-state index contributed by atoms with van der Waals surface area (Å²) in [5.41, 5.74) is 5.34. The van der Waals surface area contributed by atoms with E-state index in [1.807, 2.05) is 48.5 Å². The van der Waals surface area contributed by atoms with Gasteiger partial charge in [0.25, 0.3) is 0 Å². The number of piperazine rings is 1. The van der Waals surface area contributed by atoms with Crippen molar-refractivity contribution in [2.45, 2.75) is 12.6 Å². The van der Waals surface area contributed by atoms with E-state index in [1.165, 1.54) is 5.56 Å². The van der Waals surface area contributed by atoms with Crippen molar-refractivity contribution in [2.75, 3.05) is 36.4 Å². The number of rotatable bonds is 7. The Bertz CT molecular complexity index is 1620. The molecule has 0 aliphatic carbocycles. The fourth-order valence-corrected chi connectivity index (χ4v) is 5.67. The van der Waals surface area contributed by atoms with Crippen molar-refractivity contribution in [3.05, 3.63) is 123 Å². The Morgan fingerprint density at radius 1 is 0.750 bits per heavy atom. The first kappa shape index (κ1) is 26.8. The lowest BCUT2D eigenvalue weighted by Gasteiger charge is -2.35. The largest absolute Gasteiger partial charge is 0.374 e. The van der Waals surface area contributed by atoms with Gasteiger partial charge in [0.05, 0.1) is 11.6 Å². The van der Waals surface area contributed by atoms with Crippen LogP contribution < -0.4 is 10.2 Å². The van der Waals surface area contributed by atoms with Gasteiger partial charge < -0.3 is 10.2 Å². The second-order valence-electron chi connectivity index (χ2n) is 9.84. The predicted molar refractivity (Wildman–Crippen MR) is 165 cm³/mol. The van der Waals surface area contributed by atoms with Crippen molar-refractivity contribution in [3.63, 3.8) is 0 Å². The van der Waals surface area contributed by atoms with E-state index in [9.17, 15) is 0 Å². The number of nitrogens with zero attached hydrogens (tertiary/aromatic N) is 5. The first-order valence-electron chi connectivity index (χ1n) is 13.1. The molecule has 202 valence electrons. The normalized spacial score (nSPS) is 14.8. The van der Waals surface area contributed by atoms with Gasteiger partial charge in [0, 0.05) is 66.2 Å². The summed E-state index contributed by atoms with van der Waals surface area (Å²) in [6.07, 6.45) is 3.51. The number of hydrogen-bond acceptors (Lipinski definition) is 6. The molecule has 0 radical (unpaired) electrons. The molecule has 1 fully saturated rings. The Balaban J connectivity index is 1.19. The number of halogens is 3. The number of fused-ring (bicyclic) bond motifs is 1. The van der Waals surface area contributed by atoms with E-state index in [-0.39, 0.29) is 11.3 Å². The van der Waals surface area contributed by atoms with E-state index in [2.05, 4.69) is 60.4 Å². The summed E-state index contributed by atoms with van der Waals surface area (Å²) < 4.78 is 0. The number of nitrogens with one attached hydrogen (secondary N) is 1. The molecule has 5 aromatic rings. The molecule has 1 saturated heterocycles. The molecular formula is C31H27Cl3N6. The van der Waals surface area contributed by atoms with Crippen LogP contribution in [0.4, 0.5) is 11.5 Å². The molecule has 40 heavy (non-hydrogen) atoms. The van der Waals surface area contributed by atoms with Gasteiger partial charge in [-0.3, -0.25) is 9.88 Å². The maximum absolute atomic E-state index is 6.41. The van der Waals surface area contributed by atoms with Crippen LogP contribution in [0.1, 0.15) is 22.7 Å². The Kier molecular flexibility index (Phi) is 8.03. The number of aromatic nitrogens is 3. The van der Waals surface area contributed by atoms with Crippen molar-refractivity contribution < 1.29 is 0 Å². The number of hydrogen-bond donors (Lipinski definition) is 1. The molecule has 0 amide bonds. The smallest absolute Gasteiger partial charge is 0.224 e. The van der Waals surface area contributed by atoms with Gasteiger partial charge in [-0.15, -0.1) is 0 Å². The zero-order valence-corrected chi connectivity index (χ0v) is 23.9. The Hall–Kier alpha value is -3.42. The molecule has 0 saturated carbocycles. The summed E-state index contributed by atoms with van der Waals surface area (Å²) >= 11 is 18.6. The van der Waals surface area contributed by atoms with Gasteiger partial charge in [0.15, 0.2) is 0 Å². The van der Waals surface area contributed by atoms with E-state index in [0.717, 1.165) is 66.3 Å². The lowest BCUT2D eigenvalue weighted by molar-refractivity contribution is 0.249. The van der Waals surface area contributed by atoms with E-state index < -0.39 is 0 Å². The molecule has 1 aliphatic heterocycles. The van der Waals surface area contributed by atoms with Crippen molar-refractivity contribution >= 4 is 57.2 Å². The van der Waals surface area contributed by atoms with Gasteiger partial charge in [-0.1, -0.05) is 59.6 Å². The summed E-state index contributed by atoms with van der Waals surface area (Å²) in [7, 11) is 0. The van der Waals surface area contributed by atoms with Crippen LogP contribution in [0.2, 0.25) is 15.3 Å². The van der Waals surface area contributed by atoms with E-state index >= 15 is 0 Å². The third kappa shape index (κ3) is 6.16. The van der Waals surface area contributed by atoms with Crippen LogP contribution in [0.15, 0.2) is 91.3 Å². The third-order valence-corrected chi connectivity index (χ3v) is 7.87. The van der Waals surface area contributed by atoms with E-state index in [0.29, 0.717) is 10.0 Å². The maximum Gasteiger partial charge on any atom is 0.224 e. The fourth-order valence-electron chi connectivity index (χ4n) is 5.16. The molecule has 0 bridgehead atoms. The number of pyridine rings is 1. The molecule has 3 heterocycles. The molecule has 6 nitrogen and oxygen atoms in total. The average molecular weight is 590 g/mol. The molecule has 1 atom stereocenters. The molecule has 9 heteroatoms. The molecular weight excluding hydrogens is 563 g/mol. The quantitative estimate of drug-likeness (QED) is 0.198. The van der Waals surface area contributed by atoms with Gasteiger partial charge in [-0.2, -0.15) is 0 Å². The molecule has 3 aromatic carbocycles. The van der Waals surface area contributed by atoms with Crippen molar-refractivity contribution in [1.82, 2.24) is 19.9 Å². The van der Waals surface area contributed by atoms with Crippen LogP contribution in [0.3, 0.4) is 0 Å². The minimum Gasteiger partial charge on any atom is -0.374 e. The second kappa shape index (κ2) is 12.0. The van der Waals surface area contributed by atoms with Crippen LogP contribution in [-0.4, -0.2) is 46.0 Å². The topological polar surface area (TPSA) is 57.2 Å². The second-order valence-corrected chi connectivity index (χ2v) is 11.1. The van der Waals surface area contributed by atoms with E-state index in [1.54, 1.807) is 12.4 Å². The van der Waals surface area contributed by atoms with Crippen LogP contribution in [0.25, 0.3) is 10.9 Å². The summed E-state index contributed by atoms with van der Waals surface area (Å²) in [5.74, 6) is 0.883. The van der Waals surface area contributed by atoms with Gasteiger partial charge in [-0.05, 0) is 70.8 Å². The van der Waals surface area contributed by atoms with Crippen LogP contribution in [0.5, 0.6) is 0 Å². The third-order valence-electron chi connectivity index (χ3n) is 7.21. The van der Waals surface area contributed by atoms with Crippen LogP contribution in [-0.2, 0) is 6.54 Å². The van der Waals surface area contributed by atoms with Crippen LogP contribution in [0, 0.1) is 0 Å². The average Bonchev–Trinajstić information content (AvgIpc) is 2.97. The highest BCUT2D eigenvalue weighted by Crippen LogP contribution is 2.32. The van der Waals surface area contributed by atoms with Crippen molar-refractivity contribution in [3.8, 4) is 0 Å². The molecule has 6 rings (SSSR count). The standard InChI is InChI=1S/C31H27Cl3N6/c32-24-3-1-2-23(18-24)30(37-27-10-12-35-28-19-25(33)8-9-26(27)28)22-6-4-21(5-7-22)20-39-14-16-40(17-15-39)29-11-13-36-31(34)38-29/h1-13,18-19,30H,14-17,20H2,(H,35,37). The minimum atomic E-state index is -0.0998. The summed E-state index contributed by atoms with van der Waals surface area (Å²) in [6, 6.07) is 26.4. The summed E-state index contributed by atoms with van der Waals surface area (Å²) in [5, 5.41) is 6.42. The van der Waals surface area contributed by atoms with E-state index in [4.69, 9.17) is 34.8 Å². The zero-order valence-electron chi connectivity index (χ0n) is 21.6. The highest BCUT2D eigenvalue weighted by molar-refractivity contribution is 6.31. The fraction of sp³-hybridized carbons (Fsp3) is 0.194. The zero-order chi connectivity index (χ0) is 27.5. The molecule has 1 aliphatic rings. The molecule has 0 spiro atoms. The highest BCUT2D eigenvalue weighted by atomic mass is 35.5. The molecule has 2 aromatic heterocycles. The Morgan fingerprint density at radius 3 is 2.30 bits per heavy atom. The lowest BCUT2D eigenvalue weighted by atomic mass is 9.97. The maximum atomic E-state index is 6.41. The lowest BCUT2D eigenvalue weighted by Crippen LogP contribution is -2.46. The SMILES string of the molecule is Clc1cccc(C(Nc2ccnc3cc(Cl)ccc23)c2ccc(CN3CCN(c4ccnc(Cl)n4)CC3)cc2)c1. The summed E-state index contributed by atoms with van der Waals surface area (Å²) in [6.45, 7) is 4.60. The molecule has 1 N–H and O–H groups in total. The minimum absolute atomic E-state index is 0.0998. The first-order valence-corrected chi connectivity index (χ1v) is 14.3. The first-order chi connectivity index (χ1) is 19.5. The van der Waals surface area contributed by atoms with Gasteiger partial charge in [-0.25, -0.2) is 9.97 Å². The predicted octanol–water partition coefficient (Wildman–Crippen LogP) is 7.51. The monoisotopic (exact) mass is 588 g/mol. The van der Waals surface area contributed by atoms with Crippen molar-refractivity contribution in [2.24, 2.45) is 0 Å². The van der Waals surface area contributed by atoms with Crippen LogP contribution >= 0.6 is 34.8 Å². The van der Waals surface area contributed by atoms with Gasteiger partial charge >= 0.3 is 0 Å². The highest BCUT2D eigenvalue weighted by Gasteiger charge is 2.20.